The van der Waals surface area contributed by atoms with Gasteiger partial charge < -0.3 is 5.32 Å². The summed E-state index contributed by atoms with van der Waals surface area (Å²) in [6, 6.07) is 2.95. The molecule has 4 nitrogen and oxygen atoms in total. The summed E-state index contributed by atoms with van der Waals surface area (Å²) in [4.78, 5) is 9.59. The SMILES string of the molecule is CSCC(C)CNc1ccc([N+](=O)[O-])c(C(F)(F)F)c1. The van der Waals surface area contributed by atoms with Crippen molar-refractivity contribution in [3.63, 3.8) is 0 Å². The van der Waals surface area contributed by atoms with Crippen LogP contribution < -0.4 is 5.32 Å². The van der Waals surface area contributed by atoms with Gasteiger partial charge in [-0.3, -0.25) is 10.1 Å². The van der Waals surface area contributed by atoms with Gasteiger partial charge >= 0.3 is 6.18 Å². The van der Waals surface area contributed by atoms with Gasteiger partial charge in [0.2, 0.25) is 0 Å². The van der Waals surface area contributed by atoms with Crippen LogP contribution in [0.2, 0.25) is 0 Å². The number of hydrogen-bond donors (Lipinski definition) is 1. The Kier molecular flexibility index (Phi) is 5.67. The van der Waals surface area contributed by atoms with E-state index in [9.17, 15) is 23.3 Å². The van der Waals surface area contributed by atoms with Crippen LogP contribution >= 0.6 is 11.8 Å². The van der Waals surface area contributed by atoms with Crippen LogP contribution in [0.1, 0.15) is 12.5 Å². The lowest BCUT2D eigenvalue weighted by atomic mass is 10.1. The van der Waals surface area contributed by atoms with E-state index in [-0.39, 0.29) is 11.6 Å². The van der Waals surface area contributed by atoms with Gasteiger partial charge in [0.05, 0.1) is 4.92 Å². The van der Waals surface area contributed by atoms with Crippen LogP contribution in [-0.4, -0.2) is 23.5 Å². The van der Waals surface area contributed by atoms with E-state index in [4.69, 9.17) is 0 Å². The van der Waals surface area contributed by atoms with Gasteiger partial charge in [0.1, 0.15) is 5.56 Å². The predicted octanol–water partition coefficient (Wildman–Crippen LogP) is 4.02. The smallest absolute Gasteiger partial charge is 0.385 e. The van der Waals surface area contributed by atoms with Crippen molar-refractivity contribution in [3.05, 3.63) is 33.9 Å². The van der Waals surface area contributed by atoms with Crippen LogP contribution in [0.4, 0.5) is 24.5 Å². The third-order valence-electron chi connectivity index (χ3n) is 2.60. The quantitative estimate of drug-likeness (QED) is 0.637. The fraction of sp³-hybridized carbons (Fsp3) is 0.500. The summed E-state index contributed by atoms with van der Waals surface area (Å²) in [6.45, 7) is 2.48. The Labute approximate surface area is 118 Å². The highest BCUT2D eigenvalue weighted by Crippen LogP contribution is 2.37. The number of benzene rings is 1. The number of alkyl halides is 3. The van der Waals surface area contributed by atoms with Crippen LogP contribution in [0.25, 0.3) is 0 Å². The molecule has 1 N–H and O–H groups in total. The minimum Gasteiger partial charge on any atom is -0.385 e. The first-order valence-electron chi connectivity index (χ1n) is 5.84. The molecule has 20 heavy (non-hydrogen) atoms. The van der Waals surface area contributed by atoms with E-state index in [0.29, 0.717) is 6.54 Å². The summed E-state index contributed by atoms with van der Waals surface area (Å²) < 4.78 is 38.3. The molecule has 0 saturated heterocycles. The molecule has 1 unspecified atom stereocenters. The second-order valence-corrected chi connectivity index (χ2v) is 5.34. The summed E-state index contributed by atoms with van der Waals surface area (Å²) in [5, 5.41) is 13.5. The summed E-state index contributed by atoms with van der Waals surface area (Å²) in [6.07, 6.45) is -2.80. The molecular formula is C12H15F3N2O2S. The molecule has 0 bridgehead atoms. The molecule has 1 aromatic rings. The Morgan fingerprint density at radius 2 is 2.10 bits per heavy atom. The standard InChI is InChI=1S/C12H15F3N2O2S/c1-8(7-20-2)6-16-9-3-4-11(17(18)19)10(5-9)12(13,14)15/h3-5,8,16H,6-7H2,1-2H3. The van der Waals surface area contributed by atoms with Crippen LogP contribution in [0.5, 0.6) is 0 Å². The maximum Gasteiger partial charge on any atom is 0.423 e. The minimum atomic E-state index is -4.75. The number of rotatable bonds is 6. The Bertz CT molecular complexity index is 480. The Balaban J connectivity index is 2.93. The second-order valence-electron chi connectivity index (χ2n) is 4.43. The zero-order valence-electron chi connectivity index (χ0n) is 11.0. The lowest BCUT2D eigenvalue weighted by Gasteiger charge is -2.14. The van der Waals surface area contributed by atoms with Gasteiger partial charge in [0.25, 0.3) is 5.69 Å². The van der Waals surface area contributed by atoms with E-state index in [1.54, 1.807) is 11.8 Å². The summed E-state index contributed by atoms with van der Waals surface area (Å²) in [7, 11) is 0. The van der Waals surface area contributed by atoms with E-state index in [1.807, 2.05) is 13.2 Å². The van der Waals surface area contributed by atoms with Gasteiger partial charge in [-0.25, -0.2) is 0 Å². The maximum atomic E-state index is 12.8. The van der Waals surface area contributed by atoms with Crippen LogP contribution in [0, 0.1) is 16.0 Å². The number of nitrogens with one attached hydrogen (secondary N) is 1. The molecule has 0 aromatic heterocycles. The Hall–Kier alpha value is -1.44. The average Bonchev–Trinajstić information content (AvgIpc) is 2.35. The van der Waals surface area contributed by atoms with Crippen molar-refractivity contribution in [2.24, 2.45) is 5.92 Å². The largest absolute Gasteiger partial charge is 0.423 e. The average molecular weight is 308 g/mol. The lowest BCUT2D eigenvalue weighted by molar-refractivity contribution is -0.388. The molecule has 8 heteroatoms. The minimum absolute atomic E-state index is 0.232. The molecule has 1 aromatic carbocycles. The van der Waals surface area contributed by atoms with Crippen molar-refractivity contribution in [2.45, 2.75) is 13.1 Å². The number of thioether (sulfide) groups is 1. The summed E-state index contributed by atoms with van der Waals surface area (Å²) in [5.41, 5.74) is -1.93. The molecule has 1 atom stereocenters. The molecule has 0 aliphatic rings. The molecule has 0 spiro atoms. The zero-order chi connectivity index (χ0) is 15.3. The van der Waals surface area contributed by atoms with Crippen molar-refractivity contribution in [2.75, 3.05) is 23.9 Å². The monoisotopic (exact) mass is 308 g/mol. The third kappa shape index (κ3) is 4.59. The first-order chi connectivity index (χ1) is 9.25. The van der Waals surface area contributed by atoms with Gasteiger partial charge in [-0.05, 0) is 30.1 Å². The first kappa shape index (κ1) is 16.6. The van der Waals surface area contributed by atoms with E-state index < -0.39 is 22.4 Å². The predicted molar refractivity (Wildman–Crippen MR) is 74.1 cm³/mol. The molecule has 0 aliphatic carbocycles. The van der Waals surface area contributed by atoms with E-state index in [1.165, 1.54) is 6.07 Å². The van der Waals surface area contributed by atoms with Gasteiger partial charge in [0, 0.05) is 18.3 Å². The number of anilines is 1. The van der Waals surface area contributed by atoms with Gasteiger partial charge in [-0.15, -0.1) is 0 Å². The molecule has 0 saturated carbocycles. The van der Waals surface area contributed by atoms with E-state index in [0.717, 1.165) is 17.9 Å². The number of nitrogens with zero attached hydrogens (tertiary/aromatic N) is 1. The number of halogens is 3. The summed E-state index contributed by atoms with van der Waals surface area (Å²) in [5.74, 6) is 1.17. The van der Waals surface area contributed by atoms with Crippen molar-refractivity contribution in [3.8, 4) is 0 Å². The topological polar surface area (TPSA) is 55.2 Å². The molecule has 0 aliphatic heterocycles. The zero-order valence-corrected chi connectivity index (χ0v) is 11.8. The molecule has 1 rings (SSSR count). The van der Waals surface area contributed by atoms with Crippen molar-refractivity contribution < 1.29 is 18.1 Å². The van der Waals surface area contributed by atoms with E-state index in [2.05, 4.69) is 5.32 Å². The number of nitro groups is 1. The van der Waals surface area contributed by atoms with Crippen molar-refractivity contribution in [1.29, 1.82) is 0 Å². The van der Waals surface area contributed by atoms with Crippen LogP contribution in [0.15, 0.2) is 18.2 Å². The highest BCUT2D eigenvalue weighted by atomic mass is 32.2. The fourth-order valence-electron chi connectivity index (χ4n) is 1.67. The van der Waals surface area contributed by atoms with E-state index >= 15 is 0 Å². The van der Waals surface area contributed by atoms with Gasteiger partial charge in [0.15, 0.2) is 0 Å². The van der Waals surface area contributed by atoms with Crippen LogP contribution in [-0.2, 0) is 6.18 Å². The highest BCUT2D eigenvalue weighted by molar-refractivity contribution is 7.98. The Morgan fingerprint density at radius 3 is 2.60 bits per heavy atom. The van der Waals surface area contributed by atoms with Gasteiger partial charge in [-0.1, -0.05) is 6.92 Å². The number of nitro benzene ring substituents is 1. The van der Waals surface area contributed by atoms with Crippen molar-refractivity contribution >= 4 is 23.1 Å². The lowest BCUT2D eigenvalue weighted by Crippen LogP contribution is -2.14. The summed E-state index contributed by atoms with van der Waals surface area (Å²) >= 11 is 1.65. The third-order valence-corrected chi connectivity index (χ3v) is 3.51. The molecule has 112 valence electrons. The van der Waals surface area contributed by atoms with Crippen molar-refractivity contribution in [1.82, 2.24) is 0 Å². The molecule has 0 amide bonds. The van der Waals surface area contributed by atoms with Crippen LogP contribution in [0.3, 0.4) is 0 Å². The molecular weight excluding hydrogens is 293 g/mol. The second kappa shape index (κ2) is 6.83. The molecule has 0 fully saturated rings. The fourth-order valence-corrected chi connectivity index (χ4v) is 2.35. The Morgan fingerprint density at radius 1 is 1.45 bits per heavy atom. The highest BCUT2D eigenvalue weighted by Gasteiger charge is 2.38. The first-order valence-corrected chi connectivity index (χ1v) is 7.23. The maximum absolute atomic E-state index is 12.8. The molecule has 0 heterocycles. The van der Waals surface area contributed by atoms with Gasteiger partial charge in [-0.2, -0.15) is 24.9 Å². The normalized spacial score (nSPS) is 13.1. The number of hydrogen-bond acceptors (Lipinski definition) is 4. The molecule has 0 radical (unpaired) electrons.